The second-order valence-electron chi connectivity index (χ2n) is 5.68. The fourth-order valence-electron chi connectivity index (χ4n) is 3.10. The molecule has 2 heteroatoms. The molecule has 0 aliphatic carbocycles. The molecule has 0 aliphatic rings. The SMILES string of the molecule is c1ccc(-c2cccc(C(c3ccc[nH]3)c3ccc[nH]3)c2)cc1. The number of aromatic amines is 2. The maximum Gasteiger partial charge on any atom is 0.0641 e. The maximum atomic E-state index is 3.36. The number of hydrogen-bond acceptors (Lipinski definition) is 0. The molecule has 4 aromatic rings. The smallest absolute Gasteiger partial charge is 0.0641 e. The van der Waals surface area contributed by atoms with Crippen LogP contribution in [0.5, 0.6) is 0 Å². The van der Waals surface area contributed by atoms with Gasteiger partial charge in [0.2, 0.25) is 0 Å². The first-order valence-corrected chi connectivity index (χ1v) is 7.84. The van der Waals surface area contributed by atoms with Crippen molar-refractivity contribution in [1.82, 2.24) is 9.97 Å². The largest absolute Gasteiger partial charge is 0.364 e. The first-order valence-electron chi connectivity index (χ1n) is 7.84. The molecule has 2 heterocycles. The normalized spacial score (nSPS) is 11.0. The highest BCUT2D eigenvalue weighted by Gasteiger charge is 2.18. The van der Waals surface area contributed by atoms with Gasteiger partial charge in [-0.05, 0) is 41.0 Å². The molecule has 0 spiro atoms. The Morgan fingerprint density at radius 2 is 1.22 bits per heavy atom. The topological polar surface area (TPSA) is 31.6 Å². The third-order valence-electron chi connectivity index (χ3n) is 4.19. The number of nitrogens with one attached hydrogen (secondary N) is 2. The molecule has 0 saturated heterocycles. The van der Waals surface area contributed by atoms with Crippen molar-refractivity contribution in [3.8, 4) is 11.1 Å². The second kappa shape index (κ2) is 6.01. The van der Waals surface area contributed by atoms with Gasteiger partial charge in [-0.2, -0.15) is 0 Å². The molecule has 0 radical (unpaired) electrons. The van der Waals surface area contributed by atoms with Crippen LogP contribution in [0.1, 0.15) is 22.9 Å². The summed E-state index contributed by atoms with van der Waals surface area (Å²) in [4.78, 5) is 6.73. The first kappa shape index (κ1) is 13.6. The Morgan fingerprint density at radius 1 is 0.565 bits per heavy atom. The van der Waals surface area contributed by atoms with Crippen molar-refractivity contribution in [3.63, 3.8) is 0 Å². The summed E-state index contributed by atoms with van der Waals surface area (Å²) in [7, 11) is 0. The minimum atomic E-state index is 0.184. The third-order valence-corrected chi connectivity index (χ3v) is 4.19. The zero-order chi connectivity index (χ0) is 15.5. The van der Waals surface area contributed by atoms with E-state index in [1.165, 1.54) is 28.1 Å². The first-order chi connectivity index (χ1) is 11.4. The van der Waals surface area contributed by atoms with Crippen molar-refractivity contribution in [3.05, 3.63) is 108 Å². The Balaban J connectivity index is 1.81. The van der Waals surface area contributed by atoms with Crippen LogP contribution in [0.15, 0.2) is 91.3 Å². The van der Waals surface area contributed by atoms with E-state index in [4.69, 9.17) is 0 Å². The standard InChI is InChI=1S/C21H18N2/c1-2-7-16(8-3-1)17-9-4-10-18(15-17)21(19-11-5-13-22-19)20-12-6-14-23-20/h1-15,21-23H. The van der Waals surface area contributed by atoms with Crippen LogP contribution in [0.4, 0.5) is 0 Å². The van der Waals surface area contributed by atoms with E-state index in [1.807, 2.05) is 30.6 Å². The summed E-state index contributed by atoms with van der Waals surface area (Å²) in [5, 5.41) is 0. The van der Waals surface area contributed by atoms with Crippen LogP contribution in [0.2, 0.25) is 0 Å². The summed E-state index contributed by atoms with van der Waals surface area (Å²) >= 11 is 0. The molecule has 0 unspecified atom stereocenters. The Hall–Kier alpha value is -3.00. The molecule has 0 aliphatic heterocycles. The van der Waals surface area contributed by atoms with Crippen molar-refractivity contribution in [2.45, 2.75) is 5.92 Å². The van der Waals surface area contributed by atoms with Gasteiger partial charge in [0.05, 0.1) is 5.92 Å². The zero-order valence-corrected chi connectivity index (χ0v) is 12.7. The molecule has 2 aromatic carbocycles. The van der Waals surface area contributed by atoms with Crippen LogP contribution in [-0.2, 0) is 0 Å². The van der Waals surface area contributed by atoms with E-state index in [0.717, 1.165) is 0 Å². The molecule has 0 atom stereocenters. The number of aromatic nitrogens is 2. The Morgan fingerprint density at radius 3 is 1.83 bits per heavy atom. The molecule has 4 rings (SSSR count). The summed E-state index contributed by atoms with van der Waals surface area (Å²) in [6.45, 7) is 0. The predicted molar refractivity (Wildman–Crippen MR) is 94.4 cm³/mol. The van der Waals surface area contributed by atoms with E-state index >= 15 is 0 Å². The van der Waals surface area contributed by atoms with Crippen molar-refractivity contribution in [1.29, 1.82) is 0 Å². The lowest BCUT2D eigenvalue weighted by Crippen LogP contribution is -2.04. The number of benzene rings is 2. The predicted octanol–water partition coefficient (Wildman–Crippen LogP) is 5.19. The Kier molecular flexibility index (Phi) is 3.57. The van der Waals surface area contributed by atoms with Gasteiger partial charge in [-0.1, -0.05) is 54.6 Å². The summed E-state index contributed by atoms with van der Waals surface area (Å²) < 4.78 is 0. The fraction of sp³-hybridized carbons (Fsp3) is 0.0476. The van der Waals surface area contributed by atoms with Gasteiger partial charge in [0.25, 0.3) is 0 Å². The van der Waals surface area contributed by atoms with Crippen LogP contribution < -0.4 is 0 Å². The lowest BCUT2D eigenvalue weighted by atomic mass is 9.90. The highest BCUT2D eigenvalue weighted by atomic mass is 14.7. The van der Waals surface area contributed by atoms with Crippen LogP contribution in [0, 0.1) is 0 Å². The van der Waals surface area contributed by atoms with Crippen molar-refractivity contribution in [2.75, 3.05) is 0 Å². The van der Waals surface area contributed by atoms with Crippen molar-refractivity contribution in [2.24, 2.45) is 0 Å². The monoisotopic (exact) mass is 298 g/mol. The minimum absolute atomic E-state index is 0.184. The van der Waals surface area contributed by atoms with E-state index in [0.29, 0.717) is 0 Å². The average Bonchev–Trinajstić information content (AvgIpc) is 3.31. The van der Waals surface area contributed by atoms with Gasteiger partial charge in [-0.25, -0.2) is 0 Å². The molecule has 0 saturated carbocycles. The molecule has 0 fully saturated rings. The van der Waals surface area contributed by atoms with Gasteiger partial charge in [-0.3, -0.25) is 0 Å². The summed E-state index contributed by atoms with van der Waals surface area (Å²) in [6, 6.07) is 27.7. The van der Waals surface area contributed by atoms with Crippen LogP contribution in [-0.4, -0.2) is 9.97 Å². The third kappa shape index (κ3) is 2.71. The molecule has 0 amide bonds. The highest BCUT2D eigenvalue weighted by molar-refractivity contribution is 5.64. The minimum Gasteiger partial charge on any atom is -0.364 e. The van der Waals surface area contributed by atoms with Crippen LogP contribution in [0.3, 0.4) is 0 Å². The Bertz CT molecular complexity index is 825. The summed E-state index contributed by atoms with van der Waals surface area (Å²) in [6.07, 6.45) is 3.96. The molecule has 23 heavy (non-hydrogen) atoms. The van der Waals surface area contributed by atoms with Crippen molar-refractivity contribution >= 4 is 0 Å². The van der Waals surface area contributed by atoms with E-state index in [-0.39, 0.29) is 5.92 Å². The average molecular weight is 298 g/mol. The summed E-state index contributed by atoms with van der Waals surface area (Å²) in [5.74, 6) is 0.184. The lowest BCUT2D eigenvalue weighted by molar-refractivity contribution is 0.898. The van der Waals surface area contributed by atoms with Gasteiger partial charge in [0, 0.05) is 23.8 Å². The molecule has 2 nitrogen and oxygen atoms in total. The highest BCUT2D eigenvalue weighted by Crippen LogP contribution is 2.32. The summed E-state index contributed by atoms with van der Waals surface area (Å²) in [5.41, 5.74) is 6.14. The molecule has 2 N–H and O–H groups in total. The van der Waals surface area contributed by atoms with Gasteiger partial charge in [0.15, 0.2) is 0 Å². The van der Waals surface area contributed by atoms with E-state index in [1.54, 1.807) is 0 Å². The molecule has 2 aromatic heterocycles. The number of rotatable bonds is 4. The number of H-pyrrole nitrogens is 2. The van der Waals surface area contributed by atoms with E-state index in [2.05, 4.69) is 70.6 Å². The molecule has 0 bridgehead atoms. The number of hydrogen-bond donors (Lipinski definition) is 2. The van der Waals surface area contributed by atoms with E-state index < -0.39 is 0 Å². The van der Waals surface area contributed by atoms with Gasteiger partial charge in [-0.15, -0.1) is 0 Å². The maximum absolute atomic E-state index is 3.36. The van der Waals surface area contributed by atoms with Gasteiger partial charge < -0.3 is 9.97 Å². The zero-order valence-electron chi connectivity index (χ0n) is 12.7. The van der Waals surface area contributed by atoms with Crippen LogP contribution >= 0.6 is 0 Å². The van der Waals surface area contributed by atoms with Crippen LogP contribution in [0.25, 0.3) is 11.1 Å². The van der Waals surface area contributed by atoms with Crippen molar-refractivity contribution < 1.29 is 0 Å². The molecular weight excluding hydrogens is 280 g/mol. The lowest BCUT2D eigenvalue weighted by Gasteiger charge is -2.16. The second-order valence-corrected chi connectivity index (χ2v) is 5.68. The van der Waals surface area contributed by atoms with E-state index in [9.17, 15) is 0 Å². The Labute approximate surface area is 135 Å². The molecule has 112 valence electrons. The fourth-order valence-corrected chi connectivity index (χ4v) is 3.10. The quantitative estimate of drug-likeness (QED) is 0.519. The molecular formula is C21H18N2. The van der Waals surface area contributed by atoms with Gasteiger partial charge >= 0.3 is 0 Å². The van der Waals surface area contributed by atoms with Gasteiger partial charge in [0.1, 0.15) is 0 Å².